The first-order valence-electron chi connectivity index (χ1n) is 6.38. The van der Waals surface area contributed by atoms with Crippen molar-refractivity contribution < 1.29 is 19.4 Å². The summed E-state index contributed by atoms with van der Waals surface area (Å²) in [6, 6.07) is 6.90. The third kappa shape index (κ3) is 3.45. The lowest BCUT2D eigenvalue weighted by atomic mass is 9.97. The molecule has 1 atom stereocenters. The number of nitrogens with zero attached hydrogens (tertiary/aromatic N) is 1. The molecule has 5 heteroatoms. The van der Waals surface area contributed by atoms with Crippen LogP contribution >= 0.6 is 0 Å². The van der Waals surface area contributed by atoms with Crippen LogP contribution in [-0.4, -0.2) is 55.9 Å². The standard InChI is InChI=1S/C14H19NO4/c1-18-14(17)12(10-15-6-8-19-9-7-15)11-4-2-3-5-13(11)16/h2-5,12,16H,6-10H2,1H3. The van der Waals surface area contributed by atoms with E-state index in [1.54, 1.807) is 18.2 Å². The van der Waals surface area contributed by atoms with Gasteiger partial charge in [-0.3, -0.25) is 9.69 Å². The van der Waals surface area contributed by atoms with E-state index in [1.165, 1.54) is 7.11 Å². The number of benzene rings is 1. The zero-order valence-corrected chi connectivity index (χ0v) is 11.0. The maximum atomic E-state index is 11.9. The van der Waals surface area contributed by atoms with Gasteiger partial charge in [0.2, 0.25) is 0 Å². The number of esters is 1. The monoisotopic (exact) mass is 265 g/mol. The largest absolute Gasteiger partial charge is 0.508 e. The van der Waals surface area contributed by atoms with E-state index in [1.807, 2.05) is 6.07 Å². The second-order valence-corrected chi connectivity index (χ2v) is 4.55. The zero-order chi connectivity index (χ0) is 13.7. The van der Waals surface area contributed by atoms with Gasteiger partial charge < -0.3 is 14.6 Å². The van der Waals surface area contributed by atoms with Crippen LogP contribution in [0.15, 0.2) is 24.3 Å². The van der Waals surface area contributed by atoms with Crippen molar-refractivity contribution in [1.29, 1.82) is 0 Å². The molecule has 1 heterocycles. The molecular formula is C14H19NO4. The van der Waals surface area contributed by atoms with Crippen LogP contribution in [0.2, 0.25) is 0 Å². The summed E-state index contributed by atoms with van der Waals surface area (Å²) in [5, 5.41) is 9.90. The van der Waals surface area contributed by atoms with Crippen molar-refractivity contribution in [2.75, 3.05) is 40.0 Å². The van der Waals surface area contributed by atoms with Gasteiger partial charge in [-0.2, -0.15) is 0 Å². The first-order valence-corrected chi connectivity index (χ1v) is 6.38. The number of para-hydroxylation sites is 1. The summed E-state index contributed by atoms with van der Waals surface area (Å²) >= 11 is 0. The van der Waals surface area contributed by atoms with Gasteiger partial charge in [-0.1, -0.05) is 18.2 Å². The molecule has 1 saturated heterocycles. The molecule has 0 aromatic heterocycles. The molecule has 2 rings (SSSR count). The molecule has 0 aliphatic carbocycles. The number of morpholine rings is 1. The number of hydrogen-bond acceptors (Lipinski definition) is 5. The lowest BCUT2D eigenvalue weighted by Crippen LogP contribution is -2.40. The summed E-state index contributed by atoms with van der Waals surface area (Å²) < 4.78 is 10.1. The number of ether oxygens (including phenoxy) is 2. The lowest BCUT2D eigenvalue weighted by molar-refractivity contribution is -0.143. The van der Waals surface area contributed by atoms with E-state index in [4.69, 9.17) is 9.47 Å². The summed E-state index contributed by atoms with van der Waals surface area (Å²) in [5.74, 6) is -0.663. The van der Waals surface area contributed by atoms with Crippen LogP contribution in [0.3, 0.4) is 0 Å². The van der Waals surface area contributed by atoms with E-state index in [2.05, 4.69) is 4.90 Å². The second kappa shape index (κ2) is 6.54. The quantitative estimate of drug-likeness (QED) is 0.822. The Morgan fingerprint density at radius 1 is 1.42 bits per heavy atom. The van der Waals surface area contributed by atoms with Crippen molar-refractivity contribution in [2.24, 2.45) is 0 Å². The fourth-order valence-corrected chi connectivity index (χ4v) is 2.27. The number of carbonyl (C=O) groups is 1. The van der Waals surface area contributed by atoms with E-state index in [-0.39, 0.29) is 11.7 Å². The van der Waals surface area contributed by atoms with Gasteiger partial charge in [0.25, 0.3) is 0 Å². The fraction of sp³-hybridized carbons (Fsp3) is 0.500. The Morgan fingerprint density at radius 2 is 2.11 bits per heavy atom. The highest BCUT2D eigenvalue weighted by atomic mass is 16.5. The van der Waals surface area contributed by atoms with Gasteiger partial charge >= 0.3 is 5.97 Å². The van der Waals surface area contributed by atoms with Crippen molar-refractivity contribution in [3.8, 4) is 5.75 Å². The molecule has 104 valence electrons. The van der Waals surface area contributed by atoms with Crippen LogP contribution in [-0.2, 0) is 14.3 Å². The number of rotatable bonds is 4. The van der Waals surface area contributed by atoms with Gasteiger partial charge in [-0.05, 0) is 6.07 Å². The number of carbonyl (C=O) groups excluding carboxylic acids is 1. The summed E-state index contributed by atoms with van der Waals surface area (Å²) in [6.07, 6.45) is 0. The Hall–Kier alpha value is -1.59. The van der Waals surface area contributed by atoms with Gasteiger partial charge in [-0.15, -0.1) is 0 Å². The van der Waals surface area contributed by atoms with Crippen molar-refractivity contribution in [2.45, 2.75) is 5.92 Å². The molecule has 1 aliphatic heterocycles. The highest BCUT2D eigenvalue weighted by molar-refractivity contribution is 5.79. The molecule has 0 radical (unpaired) electrons. The van der Waals surface area contributed by atoms with E-state index >= 15 is 0 Å². The number of aromatic hydroxyl groups is 1. The third-order valence-electron chi connectivity index (χ3n) is 3.34. The van der Waals surface area contributed by atoms with Gasteiger partial charge in [0.05, 0.1) is 26.2 Å². The van der Waals surface area contributed by atoms with E-state index in [9.17, 15) is 9.90 Å². The summed E-state index contributed by atoms with van der Waals surface area (Å²) in [5.41, 5.74) is 0.612. The normalized spacial score (nSPS) is 17.9. The highest BCUT2D eigenvalue weighted by Gasteiger charge is 2.27. The molecule has 1 aromatic carbocycles. The average Bonchev–Trinajstić information content (AvgIpc) is 2.46. The smallest absolute Gasteiger partial charge is 0.314 e. The molecule has 0 saturated carbocycles. The molecular weight excluding hydrogens is 246 g/mol. The van der Waals surface area contributed by atoms with Gasteiger partial charge in [0, 0.05) is 25.2 Å². The topological polar surface area (TPSA) is 59.0 Å². The van der Waals surface area contributed by atoms with E-state index < -0.39 is 5.92 Å². The fourth-order valence-electron chi connectivity index (χ4n) is 2.27. The zero-order valence-electron chi connectivity index (χ0n) is 11.0. The first-order chi connectivity index (χ1) is 9.22. The highest BCUT2D eigenvalue weighted by Crippen LogP contribution is 2.27. The molecule has 0 bridgehead atoms. The molecule has 1 aromatic rings. The average molecular weight is 265 g/mol. The van der Waals surface area contributed by atoms with Gasteiger partial charge in [0.1, 0.15) is 5.75 Å². The summed E-state index contributed by atoms with van der Waals surface area (Å²) in [4.78, 5) is 14.1. The minimum absolute atomic E-state index is 0.131. The molecule has 0 amide bonds. The minimum atomic E-state index is -0.468. The Balaban J connectivity index is 2.16. The van der Waals surface area contributed by atoms with Gasteiger partial charge in [0.15, 0.2) is 0 Å². The van der Waals surface area contributed by atoms with E-state index in [0.29, 0.717) is 25.3 Å². The van der Waals surface area contributed by atoms with Crippen LogP contribution in [0.5, 0.6) is 5.75 Å². The second-order valence-electron chi connectivity index (χ2n) is 4.55. The first kappa shape index (κ1) is 13.8. The lowest BCUT2D eigenvalue weighted by Gasteiger charge is -2.29. The van der Waals surface area contributed by atoms with Crippen molar-refractivity contribution in [3.63, 3.8) is 0 Å². The van der Waals surface area contributed by atoms with Crippen LogP contribution in [0.1, 0.15) is 11.5 Å². The van der Waals surface area contributed by atoms with Crippen LogP contribution in [0.4, 0.5) is 0 Å². The number of phenols is 1. The van der Waals surface area contributed by atoms with Crippen LogP contribution in [0.25, 0.3) is 0 Å². The molecule has 5 nitrogen and oxygen atoms in total. The predicted molar refractivity (Wildman–Crippen MR) is 70.1 cm³/mol. The van der Waals surface area contributed by atoms with Crippen LogP contribution < -0.4 is 0 Å². The SMILES string of the molecule is COC(=O)C(CN1CCOCC1)c1ccccc1O. The minimum Gasteiger partial charge on any atom is -0.508 e. The Kier molecular flexibility index (Phi) is 4.76. The Bertz CT molecular complexity index is 429. The molecule has 19 heavy (non-hydrogen) atoms. The molecule has 1 unspecified atom stereocenters. The molecule has 1 aliphatic rings. The van der Waals surface area contributed by atoms with E-state index in [0.717, 1.165) is 13.1 Å². The van der Waals surface area contributed by atoms with Crippen molar-refractivity contribution in [3.05, 3.63) is 29.8 Å². The number of hydrogen-bond donors (Lipinski definition) is 1. The van der Waals surface area contributed by atoms with Crippen LogP contribution in [0, 0.1) is 0 Å². The summed E-state index contributed by atoms with van der Waals surface area (Å²) in [7, 11) is 1.37. The molecule has 0 spiro atoms. The molecule has 1 N–H and O–H groups in total. The Labute approximate surface area is 112 Å². The van der Waals surface area contributed by atoms with Gasteiger partial charge in [-0.25, -0.2) is 0 Å². The predicted octanol–water partition coefficient (Wildman–Crippen LogP) is 0.981. The number of phenolic OH excluding ortho intramolecular Hbond substituents is 1. The van der Waals surface area contributed by atoms with Crippen molar-refractivity contribution >= 4 is 5.97 Å². The Morgan fingerprint density at radius 3 is 2.74 bits per heavy atom. The maximum Gasteiger partial charge on any atom is 0.314 e. The maximum absolute atomic E-state index is 11.9. The third-order valence-corrected chi connectivity index (χ3v) is 3.34. The number of methoxy groups -OCH3 is 1. The summed E-state index contributed by atoms with van der Waals surface area (Å²) in [6.45, 7) is 3.47. The molecule has 1 fully saturated rings. The van der Waals surface area contributed by atoms with Crippen molar-refractivity contribution in [1.82, 2.24) is 4.90 Å².